The van der Waals surface area contributed by atoms with Gasteiger partial charge in [0, 0.05) is 25.5 Å². The van der Waals surface area contributed by atoms with Gasteiger partial charge in [0.2, 0.25) is 0 Å². The van der Waals surface area contributed by atoms with Gasteiger partial charge in [0.25, 0.3) is 0 Å². The fraction of sp³-hybridized carbons (Fsp3) is 0.593. The molecule has 0 aliphatic carbocycles. The summed E-state index contributed by atoms with van der Waals surface area (Å²) in [5.41, 5.74) is 6.90. The Balaban J connectivity index is 1.55. The maximum absolute atomic E-state index is 6.01. The Labute approximate surface area is 188 Å². The van der Waals surface area contributed by atoms with Gasteiger partial charge < -0.3 is 14.3 Å². The molecule has 0 aromatic carbocycles. The molecule has 3 rings (SSSR count). The van der Waals surface area contributed by atoms with Crippen molar-refractivity contribution in [3.8, 4) is 0 Å². The third kappa shape index (κ3) is 6.46. The molecule has 0 radical (unpaired) electrons. The molecule has 2 aromatic heterocycles. The van der Waals surface area contributed by atoms with Crippen LogP contribution in [0.1, 0.15) is 94.3 Å². The predicted octanol–water partition coefficient (Wildman–Crippen LogP) is 6.98. The average Bonchev–Trinajstić information content (AvgIpc) is 3.46. The number of H-pyrrole nitrogens is 1. The first-order valence-electron chi connectivity index (χ1n) is 12.4. The summed E-state index contributed by atoms with van der Waals surface area (Å²) in [7, 11) is 2.06. The monoisotopic (exact) mass is 423 g/mol. The summed E-state index contributed by atoms with van der Waals surface area (Å²) in [5, 5.41) is 0. The molecule has 1 unspecified atom stereocenters. The lowest BCUT2D eigenvalue weighted by atomic mass is 10.0. The SMILES string of the molecule is CCCCCCCCCCCc1cc(C2=NC(c3cccn3C)=CC2OCC)[nH]c1C. The highest BCUT2D eigenvalue weighted by Gasteiger charge is 2.26. The van der Waals surface area contributed by atoms with Gasteiger partial charge in [-0.05, 0) is 56.5 Å². The largest absolute Gasteiger partial charge is 0.368 e. The molecular formula is C27H41N3O. The standard InChI is InChI=1S/C27H41N3O/c1-5-7-8-9-10-11-12-13-14-16-22-19-24(28-21(22)3)27-26(31-6-2)20-23(29-27)25-17-15-18-30(25)4/h15,17-20,26,28H,5-14,16H2,1-4H3. The number of rotatable bonds is 14. The first kappa shape index (κ1) is 23.6. The first-order chi connectivity index (χ1) is 15.1. The zero-order valence-electron chi connectivity index (χ0n) is 20.0. The summed E-state index contributed by atoms with van der Waals surface area (Å²) in [6, 6.07) is 6.46. The maximum atomic E-state index is 6.01. The molecule has 1 atom stereocenters. The minimum atomic E-state index is -0.0893. The Kier molecular flexibility index (Phi) is 9.20. The van der Waals surface area contributed by atoms with E-state index in [1.54, 1.807) is 0 Å². The summed E-state index contributed by atoms with van der Waals surface area (Å²) in [6.07, 6.45) is 17.6. The molecule has 0 amide bonds. The van der Waals surface area contributed by atoms with Gasteiger partial charge in [-0.25, -0.2) is 4.99 Å². The molecule has 2 aromatic rings. The van der Waals surface area contributed by atoms with E-state index in [-0.39, 0.29) is 6.10 Å². The van der Waals surface area contributed by atoms with Gasteiger partial charge in [-0.1, -0.05) is 58.3 Å². The summed E-state index contributed by atoms with van der Waals surface area (Å²) < 4.78 is 8.12. The third-order valence-corrected chi connectivity index (χ3v) is 6.32. The summed E-state index contributed by atoms with van der Waals surface area (Å²) in [6.45, 7) is 7.18. The van der Waals surface area contributed by atoms with E-state index in [4.69, 9.17) is 9.73 Å². The van der Waals surface area contributed by atoms with E-state index >= 15 is 0 Å². The number of aliphatic imine (C=N–C) groups is 1. The van der Waals surface area contributed by atoms with Crippen LogP contribution in [0.4, 0.5) is 0 Å². The third-order valence-electron chi connectivity index (χ3n) is 6.32. The Morgan fingerprint density at radius 1 is 1.03 bits per heavy atom. The molecule has 3 heterocycles. The molecular weight excluding hydrogens is 382 g/mol. The van der Waals surface area contributed by atoms with Gasteiger partial charge in [-0.2, -0.15) is 0 Å². The van der Waals surface area contributed by atoms with Crippen molar-refractivity contribution >= 4 is 11.4 Å². The van der Waals surface area contributed by atoms with Crippen molar-refractivity contribution in [1.82, 2.24) is 9.55 Å². The van der Waals surface area contributed by atoms with Crippen LogP contribution < -0.4 is 0 Å². The maximum Gasteiger partial charge on any atom is 0.122 e. The van der Waals surface area contributed by atoms with Gasteiger partial charge in [-0.15, -0.1) is 0 Å². The number of nitrogens with one attached hydrogen (secondary N) is 1. The topological polar surface area (TPSA) is 42.3 Å². The van der Waals surface area contributed by atoms with Crippen molar-refractivity contribution in [3.05, 3.63) is 53.1 Å². The van der Waals surface area contributed by atoms with E-state index in [1.165, 1.54) is 69.0 Å². The number of hydrogen-bond donors (Lipinski definition) is 1. The Morgan fingerprint density at radius 3 is 2.39 bits per heavy atom. The van der Waals surface area contributed by atoms with Crippen LogP contribution in [0.3, 0.4) is 0 Å². The molecule has 1 aliphatic heterocycles. The number of hydrogen-bond acceptors (Lipinski definition) is 2. The number of nitrogens with zero attached hydrogens (tertiary/aromatic N) is 2. The Morgan fingerprint density at radius 2 is 1.74 bits per heavy atom. The second-order valence-electron chi connectivity index (χ2n) is 8.84. The van der Waals surface area contributed by atoms with Gasteiger partial charge in [0.1, 0.15) is 6.10 Å². The van der Waals surface area contributed by atoms with Crippen LogP contribution in [-0.4, -0.2) is 28.0 Å². The molecule has 1 N–H and O–H groups in total. The minimum Gasteiger partial charge on any atom is -0.368 e. The highest BCUT2D eigenvalue weighted by Crippen LogP contribution is 2.28. The fourth-order valence-corrected chi connectivity index (χ4v) is 4.47. The van der Waals surface area contributed by atoms with Crippen LogP contribution in [0.15, 0.2) is 35.5 Å². The second kappa shape index (κ2) is 12.1. The van der Waals surface area contributed by atoms with Crippen LogP contribution in [0.25, 0.3) is 5.70 Å². The lowest BCUT2D eigenvalue weighted by molar-refractivity contribution is 0.142. The number of ether oxygens (including phenoxy) is 1. The molecule has 0 bridgehead atoms. The second-order valence-corrected chi connectivity index (χ2v) is 8.84. The number of unbranched alkanes of at least 4 members (excludes halogenated alkanes) is 8. The van der Waals surface area contributed by atoms with Crippen molar-refractivity contribution < 1.29 is 4.74 Å². The molecule has 4 heteroatoms. The van der Waals surface area contributed by atoms with E-state index < -0.39 is 0 Å². The molecule has 1 aliphatic rings. The van der Waals surface area contributed by atoms with E-state index in [9.17, 15) is 0 Å². The quantitative estimate of drug-likeness (QED) is 0.327. The van der Waals surface area contributed by atoms with E-state index in [0.717, 1.165) is 29.2 Å². The van der Waals surface area contributed by atoms with Crippen LogP contribution in [0, 0.1) is 6.92 Å². The summed E-state index contributed by atoms with van der Waals surface area (Å²) in [4.78, 5) is 8.55. The normalized spacial score (nSPS) is 16.1. The smallest absolute Gasteiger partial charge is 0.122 e. The summed E-state index contributed by atoms with van der Waals surface area (Å²) >= 11 is 0. The van der Waals surface area contributed by atoms with E-state index in [2.05, 4.69) is 60.9 Å². The lowest BCUT2D eigenvalue weighted by Crippen LogP contribution is -2.20. The highest BCUT2D eigenvalue weighted by molar-refractivity contribution is 6.09. The minimum absolute atomic E-state index is 0.0893. The molecule has 0 saturated heterocycles. The highest BCUT2D eigenvalue weighted by atomic mass is 16.5. The predicted molar refractivity (Wildman–Crippen MR) is 132 cm³/mol. The number of aromatic nitrogens is 2. The molecule has 0 spiro atoms. The molecule has 0 fully saturated rings. The first-order valence-corrected chi connectivity index (χ1v) is 12.4. The van der Waals surface area contributed by atoms with E-state index in [0.29, 0.717) is 6.61 Å². The van der Waals surface area contributed by atoms with Crippen molar-refractivity contribution in [2.24, 2.45) is 12.0 Å². The zero-order valence-corrected chi connectivity index (χ0v) is 20.0. The van der Waals surface area contributed by atoms with Gasteiger partial charge in [0.15, 0.2) is 0 Å². The number of aryl methyl sites for hydroxylation is 3. The molecule has 170 valence electrons. The van der Waals surface area contributed by atoms with Crippen molar-refractivity contribution in [3.63, 3.8) is 0 Å². The van der Waals surface area contributed by atoms with Crippen LogP contribution >= 0.6 is 0 Å². The van der Waals surface area contributed by atoms with Crippen LogP contribution in [0.2, 0.25) is 0 Å². The van der Waals surface area contributed by atoms with Gasteiger partial charge in [0.05, 0.1) is 22.8 Å². The fourth-order valence-electron chi connectivity index (χ4n) is 4.47. The van der Waals surface area contributed by atoms with E-state index in [1.807, 2.05) is 6.92 Å². The van der Waals surface area contributed by atoms with Crippen molar-refractivity contribution in [2.45, 2.75) is 91.1 Å². The number of aromatic amines is 1. The Bertz CT molecular complexity index is 871. The molecule has 0 saturated carbocycles. The van der Waals surface area contributed by atoms with Crippen molar-refractivity contribution in [2.75, 3.05) is 6.61 Å². The average molecular weight is 424 g/mol. The molecule has 31 heavy (non-hydrogen) atoms. The molecule has 4 nitrogen and oxygen atoms in total. The van der Waals surface area contributed by atoms with Crippen molar-refractivity contribution in [1.29, 1.82) is 0 Å². The van der Waals surface area contributed by atoms with Crippen LogP contribution in [0.5, 0.6) is 0 Å². The Hall–Kier alpha value is -2.07. The van der Waals surface area contributed by atoms with Gasteiger partial charge in [-0.3, -0.25) is 0 Å². The lowest BCUT2D eigenvalue weighted by Gasteiger charge is -2.10. The summed E-state index contributed by atoms with van der Waals surface area (Å²) in [5.74, 6) is 0. The zero-order chi connectivity index (χ0) is 22.1. The van der Waals surface area contributed by atoms with Crippen LogP contribution in [-0.2, 0) is 18.2 Å². The van der Waals surface area contributed by atoms with Gasteiger partial charge >= 0.3 is 0 Å².